The molecule has 4 aromatic carbocycles. The summed E-state index contributed by atoms with van der Waals surface area (Å²) in [5.41, 5.74) is 9.36. The third kappa shape index (κ3) is 6.16. The molecule has 0 radical (unpaired) electrons. The molecule has 178 valence electrons. The molecule has 0 aliphatic heterocycles. The molecular formula is C33H29IN2. The fourth-order valence-electron chi connectivity index (χ4n) is 4.00. The van der Waals surface area contributed by atoms with Crippen LogP contribution in [0.5, 0.6) is 0 Å². The lowest BCUT2D eigenvalue weighted by Gasteiger charge is -2.16. The van der Waals surface area contributed by atoms with E-state index in [1.54, 1.807) is 0 Å². The first-order valence-electron chi connectivity index (χ1n) is 12.0. The smallest absolute Gasteiger partial charge is 0.0792 e. The van der Waals surface area contributed by atoms with Crippen LogP contribution in [0.4, 0.5) is 5.69 Å². The lowest BCUT2D eigenvalue weighted by Crippen LogP contribution is -2.11. The van der Waals surface area contributed by atoms with E-state index >= 15 is 0 Å². The lowest BCUT2D eigenvalue weighted by molar-refractivity contribution is 1.33. The van der Waals surface area contributed by atoms with Crippen molar-refractivity contribution in [2.75, 3.05) is 0 Å². The number of rotatable bonds is 7. The van der Waals surface area contributed by atoms with Gasteiger partial charge < -0.3 is 0 Å². The summed E-state index contributed by atoms with van der Waals surface area (Å²) in [6.07, 6.45) is 6.10. The van der Waals surface area contributed by atoms with Crippen molar-refractivity contribution in [3.8, 4) is 0 Å². The number of hydrogen-bond acceptors (Lipinski definition) is 2. The van der Waals surface area contributed by atoms with Gasteiger partial charge in [-0.25, -0.2) is 9.98 Å². The van der Waals surface area contributed by atoms with Crippen LogP contribution in [0.15, 0.2) is 137 Å². The summed E-state index contributed by atoms with van der Waals surface area (Å²) in [6, 6.07) is 35.4. The van der Waals surface area contributed by atoms with E-state index in [1.807, 2.05) is 74.5 Å². The topological polar surface area (TPSA) is 24.7 Å². The zero-order valence-electron chi connectivity index (χ0n) is 20.8. The number of aryl methyl sites for hydroxylation is 1. The van der Waals surface area contributed by atoms with Crippen LogP contribution in [-0.4, -0.2) is 11.4 Å². The molecule has 0 amide bonds. The Morgan fingerprint density at radius 1 is 0.694 bits per heavy atom. The first kappa shape index (κ1) is 25.5. The Morgan fingerprint density at radius 2 is 1.25 bits per heavy atom. The van der Waals surface area contributed by atoms with Crippen LogP contribution >= 0.6 is 22.6 Å². The summed E-state index contributed by atoms with van der Waals surface area (Å²) in [4.78, 5) is 10.2. The zero-order valence-corrected chi connectivity index (χ0v) is 23.0. The van der Waals surface area contributed by atoms with Crippen LogP contribution in [0.3, 0.4) is 0 Å². The van der Waals surface area contributed by atoms with Gasteiger partial charge in [0.05, 0.1) is 22.8 Å². The monoisotopic (exact) mass is 580 g/mol. The average Bonchev–Trinajstić information content (AvgIpc) is 2.92. The van der Waals surface area contributed by atoms with Crippen molar-refractivity contribution >= 4 is 39.7 Å². The van der Waals surface area contributed by atoms with Crippen molar-refractivity contribution in [2.45, 2.75) is 20.8 Å². The maximum absolute atomic E-state index is 5.08. The van der Waals surface area contributed by atoms with Gasteiger partial charge in [0.1, 0.15) is 0 Å². The van der Waals surface area contributed by atoms with Gasteiger partial charge in [-0.15, -0.1) is 0 Å². The highest BCUT2D eigenvalue weighted by molar-refractivity contribution is 14.1. The average molecular weight is 581 g/mol. The Balaban J connectivity index is 1.90. The maximum atomic E-state index is 5.08. The minimum atomic E-state index is 0.935. The first-order valence-corrected chi connectivity index (χ1v) is 13.1. The Morgan fingerprint density at radius 3 is 1.81 bits per heavy atom. The molecule has 0 aromatic heterocycles. The highest BCUT2D eigenvalue weighted by Crippen LogP contribution is 2.27. The molecule has 0 fully saturated rings. The standard InChI is InChI=1S/C33H29IN2/c1-4-15-27(5-2)35-32(25-16-9-6-10-17-25)29-23-31(34)30(22-24(29)3)33(26-18-11-7-12-19-26)36-28-20-13-8-14-21-28/h4-23H,1-3H3/b15-4-,27-5+,35-32?,36-33?. The summed E-state index contributed by atoms with van der Waals surface area (Å²) >= 11 is 2.44. The van der Waals surface area contributed by atoms with Crippen LogP contribution in [0, 0.1) is 10.5 Å². The van der Waals surface area contributed by atoms with E-state index in [-0.39, 0.29) is 0 Å². The molecule has 0 heterocycles. The van der Waals surface area contributed by atoms with Gasteiger partial charge in [0, 0.05) is 25.8 Å². The molecule has 0 saturated heterocycles. The molecule has 0 atom stereocenters. The van der Waals surface area contributed by atoms with Crippen molar-refractivity contribution in [2.24, 2.45) is 9.98 Å². The van der Waals surface area contributed by atoms with E-state index < -0.39 is 0 Å². The van der Waals surface area contributed by atoms with Crippen molar-refractivity contribution in [1.82, 2.24) is 0 Å². The second kappa shape index (κ2) is 12.4. The largest absolute Gasteiger partial charge is 0.248 e. The Kier molecular flexibility index (Phi) is 8.80. The van der Waals surface area contributed by atoms with E-state index in [9.17, 15) is 0 Å². The van der Waals surface area contributed by atoms with Crippen LogP contribution < -0.4 is 0 Å². The number of para-hydroxylation sites is 1. The van der Waals surface area contributed by atoms with Gasteiger partial charge in [-0.2, -0.15) is 0 Å². The molecule has 0 aliphatic rings. The molecule has 36 heavy (non-hydrogen) atoms. The normalized spacial score (nSPS) is 12.8. The number of hydrogen-bond donors (Lipinski definition) is 0. The van der Waals surface area contributed by atoms with E-state index in [2.05, 4.69) is 90.2 Å². The second-order valence-electron chi connectivity index (χ2n) is 8.35. The Bertz CT molecular complexity index is 1430. The molecule has 4 aromatic rings. The number of halogens is 1. The van der Waals surface area contributed by atoms with Gasteiger partial charge in [-0.05, 0) is 79.3 Å². The molecule has 4 rings (SSSR count). The number of benzene rings is 4. The first-order chi connectivity index (χ1) is 17.6. The predicted molar refractivity (Wildman–Crippen MR) is 163 cm³/mol. The fraction of sp³-hybridized carbons (Fsp3) is 0.0909. The quantitative estimate of drug-likeness (QED) is 0.118. The molecular weight excluding hydrogens is 551 g/mol. The number of nitrogens with zero attached hydrogens (tertiary/aromatic N) is 2. The predicted octanol–water partition coefficient (Wildman–Crippen LogP) is 9.09. The lowest BCUT2D eigenvalue weighted by atomic mass is 9.93. The van der Waals surface area contributed by atoms with E-state index in [0.29, 0.717) is 0 Å². The highest BCUT2D eigenvalue weighted by Gasteiger charge is 2.17. The summed E-state index contributed by atoms with van der Waals surface area (Å²) in [5, 5.41) is 0. The molecule has 0 aliphatic carbocycles. The Hall–Kier alpha value is -3.57. The molecule has 0 unspecified atom stereocenters. The van der Waals surface area contributed by atoms with Crippen molar-refractivity contribution < 1.29 is 0 Å². The van der Waals surface area contributed by atoms with Crippen LogP contribution in [0.1, 0.15) is 41.7 Å². The third-order valence-electron chi connectivity index (χ3n) is 5.79. The molecule has 0 spiro atoms. The van der Waals surface area contributed by atoms with Crippen LogP contribution in [0.25, 0.3) is 0 Å². The Labute approximate surface area is 228 Å². The molecule has 0 N–H and O–H groups in total. The summed E-state index contributed by atoms with van der Waals surface area (Å²) in [5.74, 6) is 0. The molecule has 2 nitrogen and oxygen atoms in total. The molecule has 0 saturated carbocycles. The minimum Gasteiger partial charge on any atom is -0.248 e. The SMILES string of the molecule is C/C=C\C(=C/C)N=C(c1ccccc1)c1cc(I)c(C(=Nc2ccccc2)c2ccccc2)cc1C. The van der Waals surface area contributed by atoms with Gasteiger partial charge in [0.2, 0.25) is 0 Å². The molecule has 0 bridgehead atoms. The third-order valence-corrected chi connectivity index (χ3v) is 6.68. The van der Waals surface area contributed by atoms with Gasteiger partial charge in [0.15, 0.2) is 0 Å². The summed E-state index contributed by atoms with van der Waals surface area (Å²) < 4.78 is 1.13. The molecule has 3 heteroatoms. The van der Waals surface area contributed by atoms with Crippen LogP contribution in [-0.2, 0) is 0 Å². The second-order valence-corrected chi connectivity index (χ2v) is 9.51. The summed E-state index contributed by atoms with van der Waals surface area (Å²) in [7, 11) is 0. The van der Waals surface area contributed by atoms with Crippen molar-refractivity contribution in [1.29, 1.82) is 0 Å². The fourth-order valence-corrected chi connectivity index (χ4v) is 4.72. The summed E-state index contributed by atoms with van der Waals surface area (Å²) in [6.45, 7) is 6.19. The maximum Gasteiger partial charge on any atom is 0.0792 e. The van der Waals surface area contributed by atoms with E-state index in [4.69, 9.17) is 9.98 Å². The number of allylic oxidation sites excluding steroid dienone is 3. The van der Waals surface area contributed by atoms with Gasteiger partial charge in [-0.3, -0.25) is 0 Å². The van der Waals surface area contributed by atoms with Crippen LogP contribution in [0.2, 0.25) is 0 Å². The highest BCUT2D eigenvalue weighted by atomic mass is 127. The number of aliphatic imine (C=N–C) groups is 2. The van der Waals surface area contributed by atoms with E-state index in [0.717, 1.165) is 54.2 Å². The minimum absolute atomic E-state index is 0.935. The zero-order chi connectivity index (χ0) is 25.3. The van der Waals surface area contributed by atoms with E-state index in [1.165, 1.54) is 0 Å². The van der Waals surface area contributed by atoms with Crippen molar-refractivity contribution in [3.05, 3.63) is 158 Å². The van der Waals surface area contributed by atoms with Gasteiger partial charge in [0.25, 0.3) is 0 Å². The van der Waals surface area contributed by atoms with Gasteiger partial charge in [-0.1, -0.05) is 91.0 Å². The van der Waals surface area contributed by atoms with Gasteiger partial charge >= 0.3 is 0 Å². The van der Waals surface area contributed by atoms with Crippen molar-refractivity contribution in [3.63, 3.8) is 0 Å².